The van der Waals surface area contributed by atoms with Crippen molar-refractivity contribution in [2.45, 2.75) is 64.5 Å². The SMILES string of the molecule is CCC1COC(=O)N1C1CCN(C(=O)c2cc(C(C)(C)C)nn2C)CC1. The first-order valence-corrected chi connectivity index (χ1v) is 9.51. The van der Waals surface area contributed by atoms with Gasteiger partial charge in [0, 0.05) is 31.6 Å². The van der Waals surface area contributed by atoms with E-state index in [0.717, 1.165) is 25.0 Å². The van der Waals surface area contributed by atoms with Gasteiger partial charge >= 0.3 is 6.09 Å². The Bertz CT molecular complexity index is 683. The van der Waals surface area contributed by atoms with Gasteiger partial charge in [-0.15, -0.1) is 0 Å². The lowest BCUT2D eigenvalue weighted by Gasteiger charge is -2.37. The van der Waals surface area contributed by atoms with Crippen LogP contribution in [0.5, 0.6) is 0 Å². The second-order valence-corrected chi connectivity index (χ2v) is 8.36. The molecule has 0 spiro atoms. The third-order valence-electron chi connectivity index (χ3n) is 5.49. The number of likely N-dealkylation sites (tertiary alicyclic amines) is 1. The second kappa shape index (κ2) is 6.93. The average molecular weight is 362 g/mol. The molecule has 1 unspecified atom stereocenters. The molecule has 3 heterocycles. The molecule has 7 nitrogen and oxygen atoms in total. The van der Waals surface area contributed by atoms with Gasteiger partial charge in [0.15, 0.2) is 0 Å². The van der Waals surface area contributed by atoms with Crippen LogP contribution in [-0.2, 0) is 17.2 Å². The monoisotopic (exact) mass is 362 g/mol. The van der Waals surface area contributed by atoms with Crippen LogP contribution in [0.4, 0.5) is 4.79 Å². The number of piperidine rings is 1. The summed E-state index contributed by atoms with van der Waals surface area (Å²) in [5.74, 6) is 0.0185. The smallest absolute Gasteiger partial charge is 0.410 e. The molecule has 144 valence electrons. The molecule has 0 saturated carbocycles. The van der Waals surface area contributed by atoms with Crippen molar-refractivity contribution in [3.05, 3.63) is 17.5 Å². The highest BCUT2D eigenvalue weighted by Crippen LogP contribution is 2.27. The van der Waals surface area contributed by atoms with Crippen LogP contribution in [-0.4, -0.2) is 63.4 Å². The topological polar surface area (TPSA) is 67.7 Å². The van der Waals surface area contributed by atoms with Crippen LogP contribution in [0.2, 0.25) is 0 Å². The third-order valence-corrected chi connectivity index (χ3v) is 5.49. The lowest BCUT2D eigenvalue weighted by Crippen LogP contribution is -2.49. The summed E-state index contributed by atoms with van der Waals surface area (Å²) in [7, 11) is 1.82. The molecule has 1 atom stereocenters. The molecule has 2 fully saturated rings. The largest absolute Gasteiger partial charge is 0.447 e. The van der Waals surface area contributed by atoms with E-state index in [4.69, 9.17) is 4.74 Å². The van der Waals surface area contributed by atoms with Crippen LogP contribution in [0.3, 0.4) is 0 Å². The summed E-state index contributed by atoms with van der Waals surface area (Å²) in [6.07, 6.45) is 2.28. The maximum absolute atomic E-state index is 12.9. The van der Waals surface area contributed by atoms with Gasteiger partial charge in [0.25, 0.3) is 5.91 Å². The summed E-state index contributed by atoms with van der Waals surface area (Å²) in [6.45, 7) is 10.1. The molecule has 26 heavy (non-hydrogen) atoms. The summed E-state index contributed by atoms with van der Waals surface area (Å²) < 4.78 is 6.89. The maximum Gasteiger partial charge on any atom is 0.410 e. The second-order valence-electron chi connectivity index (χ2n) is 8.36. The van der Waals surface area contributed by atoms with Gasteiger partial charge in [-0.1, -0.05) is 27.7 Å². The minimum absolute atomic E-state index is 0.0185. The molecule has 0 radical (unpaired) electrons. The number of ether oxygens (including phenoxy) is 1. The number of aromatic nitrogens is 2. The minimum atomic E-state index is -0.205. The molecule has 2 saturated heterocycles. The van der Waals surface area contributed by atoms with Gasteiger partial charge in [0.1, 0.15) is 12.3 Å². The average Bonchev–Trinajstić information content (AvgIpc) is 3.17. The van der Waals surface area contributed by atoms with Gasteiger partial charge in [-0.2, -0.15) is 5.10 Å². The molecule has 1 aromatic heterocycles. The highest BCUT2D eigenvalue weighted by molar-refractivity contribution is 5.92. The van der Waals surface area contributed by atoms with E-state index in [0.29, 0.717) is 25.4 Å². The van der Waals surface area contributed by atoms with E-state index in [2.05, 4.69) is 32.8 Å². The minimum Gasteiger partial charge on any atom is -0.447 e. The molecule has 2 aliphatic rings. The van der Waals surface area contributed by atoms with Crippen molar-refractivity contribution in [2.75, 3.05) is 19.7 Å². The summed E-state index contributed by atoms with van der Waals surface area (Å²) in [5.41, 5.74) is 1.46. The fourth-order valence-corrected chi connectivity index (χ4v) is 3.78. The predicted octanol–water partition coefficient (Wildman–Crippen LogP) is 2.55. The van der Waals surface area contributed by atoms with Crippen LogP contribution in [0, 0.1) is 0 Å². The first-order chi connectivity index (χ1) is 12.2. The Kier molecular flexibility index (Phi) is 4.99. The molecule has 0 bridgehead atoms. The Morgan fingerprint density at radius 2 is 1.96 bits per heavy atom. The van der Waals surface area contributed by atoms with Gasteiger partial charge in [-0.25, -0.2) is 4.79 Å². The van der Waals surface area contributed by atoms with Gasteiger partial charge in [-0.3, -0.25) is 14.4 Å². The first-order valence-electron chi connectivity index (χ1n) is 9.51. The molecule has 0 aliphatic carbocycles. The van der Waals surface area contributed by atoms with Crippen molar-refractivity contribution in [3.63, 3.8) is 0 Å². The van der Waals surface area contributed by atoms with E-state index in [1.54, 1.807) is 4.68 Å². The fraction of sp³-hybridized carbons (Fsp3) is 0.737. The van der Waals surface area contributed by atoms with Crippen molar-refractivity contribution < 1.29 is 14.3 Å². The van der Waals surface area contributed by atoms with Crippen LogP contribution < -0.4 is 0 Å². The zero-order valence-electron chi connectivity index (χ0n) is 16.5. The zero-order chi connectivity index (χ0) is 19.1. The third kappa shape index (κ3) is 3.44. The lowest BCUT2D eigenvalue weighted by atomic mass is 9.92. The molecule has 2 aliphatic heterocycles. The molecular weight excluding hydrogens is 332 g/mol. The van der Waals surface area contributed by atoms with E-state index >= 15 is 0 Å². The molecule has 0 aromatic carbocycles. The van der Waals surface area contributed by atoms with Crippen molar-refractivity contribution >= 4 is 12.0 Å². The Balaban J connectivity index is 1.66. The quantitative estimate of drug-likeness (QED) is 0.829. The van der Waals surface area contributed by atoms with Crippen LogP contribution in [0.1, 0.15) is 63.1 Å². The van der Waals surface area contributed by atoms with Crippen LogP contribution >= 0.6 is 0 Å². The lowest BCUT2D eigenvalue weighted by molar-refractivity contribution is 0.0625. The molecule has 0 N–H and O–H groups in total. The first kappa shape index (κ1) is 18.7. The number of aryl methyl sites for hydroxylation is 1. The highest BCUT2D eigenvalue weighted by Gasteiger charge is 2.39. The summed E-state index contributed by atoms with van der Waals surface area (Å²) in [6, 6.07) is 2.23. The van der Waals surface area contributed by atoms with E-state index in [-0.39, 0.29) is 29.5 Å². The van der Waals surface area contributed by atoms with Crippen molar-refractivity contribution in [2.24, 2.45) is 7.05 Å². The number of amides is 2. The highest BCUT2D eigenvalue weighted by atomic mass is 16.6. The predicted molar refractivity (Wildman–Crippen MR) is 98.1 cm³/mol. The molecule has 7 heteroatoms. The number of hydrogen-bond donors (Lipinski definition) is 0. The summed E-state index contributed by atoms with van der Waals surface area (Å²) in [4.78, 5) is 28.7. The molecule has 1 aromatic rings. The number of rotatable bonds is 3. The van der Waals surface area contributed by atoms with Crippen molar-refractivity contribution in [3.8, 4) is 0 Å². The van der Waals surface area contributed by atoms with Crippen molar-refractivity contribution in [1.29, 1.82) is 0 Å². The number of cyclic esters (lactones) is 1. The van der Waals surface area contributed by atoms with E-state index in [1.807, 2.05) is 22.9 Å². The Hall–Kier alpha value is -2.05. The van der Waals surface area contributed by atoms with Gasteiger partial charge in [0.2, 0.25) is 0 Å². The van der Waals surface area contributed by atoms with Gasteiger partial charge < -0.3 is 9.64 Å². The van der Waals surface area contributed by atoms with E-state index in [1.165, 1.54) is 0 Å². The zero-order valence-corrected chi connectivity index (χ0v) is 16.5. The van der Waals surface area contributed by atoms with Crippen molar-refractivity contribution in [1.82, 2.24) is 19.6 Å². The maximum atomic E-state index is 12.9. The standard InChI is InChI=1S/C19H30N4O3/c1-6-13-12-26-18(25)23(13)14-7-9-22(10-8-14)17(24)15-11-16(19(2,3)4)20-21(15)5/h11,13-14H,6-10,12H2,1-5H3. The Labute approximate surface area is 155 Å². The van der Waals surface area contributed by atoms with Gasteiger partial charge in [0.05, 0.1) is 11.7 Å². The van der Waals surface area contributed by atoms with Crippen LogP contribution in [0.15, 0.2) is 6.07 Å². The molecular formula is C19H30N4O3. The fourth-order valence-electron chi connectivity index (χ4n) is 3.78. The van der Waals surface area contributed by atoms with Gasteiger partial charge in [-0.05, 0) is 25.3 Å². The summed E-state index contributed by atoms with van der Waals surface area (Å²) in [5, 5.41) is 4.51. The number of nitrogens with zero attached hydrogens (tertiary/aromatic N) is 4. The van der Waals surface area contributed by atoms with Crippen LogP contribution in [0.25, 0.3) is 0 Å². The molecule has 2 amide bonds. The molecule has 3 rings (SSSR count). The normalized spacial score (nSPS) is 22.0. The number of carbonyl (C=O) groups excluding carboxylic acids is 2. The Morgan fingerprint density at radius 1 is 1.31 bits per heavy atom. The van der Waals surface area contributed by atoms with E-state index in [9.17, 15) is 9.59 Å². The summed E-state index contributed by atoms with van der Waals surface area (Å²) >= 11 is 0. The number of hydrogen-bond acceptors (Lipinski definition) is 4. The number of carbonyl (C=O) groups is 2. The Morgan fingerprint density at radius 3 is 2.50 bits per heavy atom. The van der Waals surface area contributed by atoms with E-state index < -0.39 is 0 Å².